The Morgan fingerprint density at radius 1 is 1.00 bits per heavy atom. The summed E-state index contributed by atoms with van der Waals surface area (Å²) in [6, 6.07) is 10.4. The van der Waals surface area contributed by atoms with Crippen LogP contribution in [0.25, 0.3) is 11.1 Å². The van der Waals surface area contributed by atoms with Crippen LogP contribution in [-0.2, 0) is 22.9 Å². The fourth-order valence-electron chi connectivity index (χ4n) is 3.01. The Kier molecular flexibility index (Phi) is 3.34. The molecule has 5 nitrogen and oxygen atoms in total. The van der Waals surface area contributed by atoms with E-state index < -0.39 is 10.0 Å². The molecule has 1 heterocycles. The number of hydrogen-bond donors (Lipinski definition) is 1. The summed E-state index contributed by atoms with van der Waals surface area (Å²) in [5.74, 6) is 0. The van der Waals surface area contributed by atoms with E-state index >= 15 is 0 Å². The first kappa shape index (κ1) is 14.3. The van der Waals surface area contributed by atoms with Gasteiger partial charge in [-0.1, -0.05) is 6.07 Å². The summed E-state index contributed by atoms with van der Waals surface area (Å²) < 4.78 is 33.0. The van der Waals surface area contributed by atoms with Gasteiger partial charge >= 0.3 is 0 Å². The van der Waals surface area contributed by atoms with Crippen molar-refractivity contribution in [3.63, 3.8) is 0 Å². The zero-order valence-corrected chi connectivity index (χ0v) is 13.3. The molecule has 0 amide bonds. The van der Waals surface area contributed by atoms with E-state index in [1.54, 1.807) is 30.3 Å². The molecule has 0 saturated carbocycles. The van der Waals surface area contributed by atoms with Crippen molar-refractivity contribution in [2.24, 2.45) is 0 Å². The first-order valence-corrected chi connectivity index (χ1v) is 9.08. The molecular weight excluding hydrogens is 312 g/mol. The van der Waals surface area contributed by atoms with Gasteiger partial charge in [0.2, 0.25) is 0 Å². The number of nitrogens with one attached hydrogen (secondary N) is 1. The molecule has 23 heavy (non-hydrogen) atoms. The van der Waals surface area contributed by atoms with Crippen molar-refractivity contribution in [1.29, 1.82) is 0 Å². The lowest BCUT2D eigenvalue weighted by Crippen LogP contribution is -2.14. The molecule has 2 aromatic carbocycles. The molecule has 4 rings (SSSR count). The Morgan fingerprint density at radius 2 is 1.83 bits per heavy atom. The number of nitrogens with zero attached hydrogens (tertiary/aromatic N) is 1. The molecule has 1 aliphatic rings. The van der Waals surface area contributed by atoms with E-state index in [1.165, 1.54) is 18.4 Å². The van der Waals surface area contributed by atoms with Crippen molar-refractivity contribution in [1.82, 2.24) is 4.98 Å². The number of oxazole rings is 1. The minimum Gasteiger partial charge on any atom is -0.443 e. The highest BCUT2D eigenvalue weighted by Crippen LogP contribution is 2.26. The average Bonchev–Trinajstić information content (AvgIpc) is 3.01. The normalized spacial score (nSPS) is 14.6. The topological polar surface area (TPSA) is 72.2 Å². The third kappa shape index (κ3) is 2.70. The summed E-state index contributed by atoms with van der Waals surface area (Å²) in [5, 5.41) is 0. The van der Waals surface area contributed by atoms with Crippen molar-refractivity contribution in [2.75, 3.05) is 4.72 Å². The number of hydrogen-bond acceptors (Lipinski definition) is 4. The highest BCUT2D eigenvalue weighted by Gasteiger charge is 2.18. The van der Waals surface area contributed by atoms with Gasteiger partial charge in [0.1, 0.15) is 5.52 Å². The van der Waals surface area contributed by atoms with Gasteiger partial charge in [-0.15, -0.1) is 0 Å². The highest BCUT2D eigenvalue weighted by molar-refractivity contribution is 7.92. The SMILES string of the molecule is O=S(=O)(Nc1ccc2ocnc2c1)c1ccc2c(c1)CCCC2. The maximum Gasteiger partial charge on any atom is 0.261 e. The molecule has 0 saturated heterocycles. The second-order valence-electron chi connectivity index (χ2n) is 5.78. The third-order valence-corrected chi connectivity index (χ3v) is 5.59. The first-order valence-electron chi connectivity index (χ1n) is 7.60. The number of sulfonamides is 1. The molecule has 3 aromatic rings. The van der Waals surface area contributed by atoms with Crippen molar-refractivity contribution >= 4 is 26.8 Å². The van der Waals surface area contributed by atoms with E-state index in [9.17, 15) is 8.42 Å². The van der Waals surface area contributed by atoms with Gasteiger partial charge in [0.15, 0.2) is 12.0 Å². The molecule has 0 bridgehead atoms. The zero-order valence-electron chi connectivity index (χ0n) is 12.5. The van der Waals surface area contributed by atoms with Crippen LogP contribution in [-0.4, -0.2) is 13.4 Å². The van der Waals surface area contributed by atoms with Crippen LogP contribution in [0, 0.1) is 0 Å². The second kappa shape index (κ2) is 5.38. The van der Waals surface area contributed by atoms with Crippen molar-refractivity contribution in [2.45, 2.75) is 30.6 Å². The Bertz CT molecular complexity index is 976. The highest BCUT2D eigenvalue weighted by atomic mass is 32.2. The molecule has 0 aliphatic heterocycles. The van der Waals surface area contributed by atoms with Crippen LogP contribution in [0.5, 0.6) is 0 Å². The quantitative estimate of drug-likeness (QED) is 0.798. The molecule has 0 radical (unpaired) electrons. The van der Waals surface area contributed by atoms with E-state index in [1.807, 2.05) is 6.07 Å². The lowest BCUT2D eigenvalue weighted by atomic mass is 9.92. The van der Waals surface area contributed by atoms with Crippen LogP contribution in [0.1, 0.15) is 24.0 Å². The smallest absolute Gasteiger partial charge is 0.261 e. The monoisotopic (exact) mass is 328 g/mol. The van der Waals surface area contributed by atoms with Gasteiger partial charge in [-0.25, -0.2) is 13.4 Å². The van der Waals surface area contributed by atoms with Crippen molar-refractivity contribution in [3.8, 4) is 0 Å². The lowest BCUT2D eigenvalue weighted by molar-refractivity contribution is 0.599. The summed E-state index contributed by atoms with van der Waals surface area (Å²) in [4.78, 5) is 4.34. The Morgan fingerprint density at radius 3 is 2.70 bits per heavy atom. The Balaban J connectivity index is 1.66. The van der Waals surface area contributed by atoms with Crippen LogP contribution in [0.15, 0.2) is 52.1 Å². The van der Waals surface area contributed by atoms with E-state index in [-0.39, 0.29) is 0 Å². The van der Waals surface area contributed by atoms with Crippen LogP contribution in [0.3, 0.4) is 0 Å². The van der Waals surface area contributed by atoms with Gasteiger partial charge in [0.25, 0.3) is 10.0 Å². The van der Waals surface area contributed by atoms with Gasteiger partial charge in [-0.3, -0.25) is 4.72 Å². The molecule has 1 aliphatic carbocycles. The molecular formula is C17H16N2O3S. The van der Waals surface area contributed by atoms with E-state index in [0.717, 1.165) is 24.8 Å². The van der Waals surface area contributed by atoms with E-state index in [0.29, 0.717) is 21.7 Å². The molecule has 0 spiro atoms. The van der Waals surface area contributed by atoms with Gasteiger partial charge in [-0.2, -0.15) is 0 Å². The number of rotatable bonds is 3. The predicted octanol–water partition coefficient (Wildman–Crippen LogP) is 3.51. The molecule has 1 N–H and O–H groups in total. The maximum atomic E-state index is 12.6. The predicted molar refractivity (Wildman–Crippen MR) is 87.9 cm³/mol. The number of aromatic nitrogens is 1. The Labute approximate surface area is 134 Å². The van der Waals surface area contributed by atoms with E-state index in [2.05, 4.69) is 9.71 Å². The maximum absolute atomic E-state index is 12.6. The first-order chi connectivity index (χ1) is 11.1. The number of aryl methyl sites for hydroxylation is 2. The van der Waals surface area contributed by atoms with Gasteiger partial charge in [-0.05, 0) is 67.1 Å². The number of anilines is 1. The summed E-state index contributed by atoms with van der Waals surface area (Å²) in [6.45, 7) is 0. The van der Waals surface area contributed by atoms with Crippen molar-refractivity contribution in [3.05, 3.63) is 53.9 Å². The minimum absolute atomic E-state index is 0.304. The molecule has 0 unspecified atom stereocenters. The van der Waals surface area contributed by atoms with E-state index in [4.69, 9.17) is 4.42 Å². The Hall–Kier alpha value is -2.34. The second-order valence-corrected chi connectivity index (χ2v) is 7.46. The fourth-order valence-corrected chi connectivity index (χ4v) is 4.11. The van der Waals surface area contributed by atoms with Crippen LogP contribution in [0.4, 0.5) is 5.69 Å². The summed E-state index contributed by atoms with van der Waals surface area (Å²) in [7, 11) is -3.61. The summed E-state index contributed by atoms with van der Waals surface area (Å²) >= 11 is 0. The molecule has 118 valence electrons. The zero-order chi connectivity index (χ0) is 15.9. The largest absolute Gasteiger partial charge is 0.443 e. The standard InChI is InChI=1S/C17H16N2O3S/c20-23(21,15-7-5-12-3-1-2-4-13(12)9-15)19-14-6-8-17-16(10-14)18-11-22-17/h5-11,19H,1-4H2. The van der Waals surface area contributed by atoms with Crippen LogP contribution >= 0.6 is 0 Å². The van der Waals surface area contributed by atoms with Crippen LogP contribution in [0.2, 0.25) is 0 Å². The minimum atomic E-state index is -3.61. The number of benzene rings is 2. The summed E-state index contributed by atoms with van der Waals surface area (Å²) in [6.07, 6.45) is 5.61. The number of fused-ring (bicyclic) bond motifs is 2. The van der Waals surface area contributed by atoms with Gasteiger partial charge < -0.3 is 4.42 Å². The van der Waals surface area contributed by atoms with Crippen LogP contribution < -0.4 is 4.72 Å². The van der Waals surface area contributed by atoms with Crippen molar-refractivity contribution < 1.29 is 12.8 Å². The molecule has 6 heteroatoms. The van der Waals surface area contributed by atoms with Gasteiger partial charge in [0, 0.05) is 0 Å². The summed E-state index contributed by atoms with van der Waals surface area (Å²) in [5.41, 5.74) is 4.13. The molecule has 0 atom stereocenters. The van der Waals surface area contributed by atoms with Gasteiger partial charge in [0.05, 0.1) is 10.6 Å². The lowest BCUT2D eigenvalue weighted by Gasteiger charge is -2.17. The fraction of sp³-hybridized carbons (Fsp3) is 0.235. The average molecular weight is 328 g/mol. The molecule has 1 aromatic heterocycles. The molecule has 0 fully saturated rings. The third-order valence-electron chi connectivity index (χ3n) is 4.21.